The first-order chi connectivity index (χ1) is 14.2. The summed E-state index contributed by atoms with van der Waals surface area (Å²) in [7, 11) is 0. The third-order valence-corrected chi connectivity index (χ3v) is 5.97. The third-order valence-electron chi connectivity index (χ3n) is 5.97. The van der Waals surface area contributed by atoms with Crippen LogP contribution in [0.3, 0.4) is 0 Å². The molecular weight excluding hydrogens is 366 g/mol. The predicted octanol–water partition coefficient (Wildman–Crippen LogP) is 3.68. The van der Waals surface area contributed by atoms with Crippen molar-refractivity contribution in [3.05, 3.63) is 30.3 Å². The van der Waals surface area contributed by atoms with Crippen LogP contribution in [0.25, 0.3) is 10.9 Å². The standard InChI is InChI=1S/C23H31N3O3/c1-2-18-8-3-4-13-26(18)21-12-11-17-7-5-10-20(23(17)25-21)29-16-22(27)24-15-19-9-6-14-28-19/h5,7,10-12,18-19H,2-4,6,8-9,13-16H2,1H3,(H,24,27). The highest BCUT2D eigenvalue weighted by molar-refractivity contribution is 5.86. The number of benzene rings is 1. The van der Waals surface area contributed by atoms with Crippen molar-refractivity contribution in [3.63, 3.8) is 0 Å². The predicted molar refractivity (Wildman–Crippen MR) is 114 cm³/mol. The van der Waals surface area contributed by atoms with Crippen LogP contribution in [0, 0.1) is 0 Å². The average molecular weight is 398 g/mol. The molecule has 2 aliphatic heterocycles. The second-order valence-corrected chi connectivity index (χ2v) is 7.98. The van der Waals surface area contributed by atoms with E-state index in [1.807, 2.05) is 18.2 Å². The van der Waals surface area contributed by atoms with Gasteiger partial charge in [-0.15, -0.1) is 0 Å². The van der Waals surface area contributed by atoms with Crippen molar-refractivity contribution in [2.24, 2.45) is 0 Å². The van der Waals surface area contributed by atoms with Gasteiger partial charge in [-0.2, -0.15) is 0 Å². The van der Waals surface area contributed by atoms with E-state index in [1.54, 1.807) is 0 Å². The third kappa shape index (κ3) is 4.81. The molecule has 2 fully saturated rings. The largest absolute Gasteiger partial charge is 0.481 e. The van der Waals surface area contributed by atoms with E-state index >= 15 is 0 Å². The van der Waals surface area contributed by atoms with Gasteiger partial charge in [0.15, 0.2) is 6.61 Å². The number of rotatable bonds is 7. The Morgan fingerprint density at radius 3 is 3.00 bits per heavy atom. The molecule has 0 radical (unpaired) electrons. The van der Waals surface area contributed by atoms with Gasteiger partial charge >= 0.3 is 0 Å². The summed E-state index contributed by atoms with van der Waals surface area (Å²) >= 11 is 0. The van der Waals surface area contributed by atoms with Gasteiger partial charge in [0.1, 0.15) is 17.1 Å². The van der Waals surface area contributed by atoms with E-state index in [-0.39, 0.29) is 18.6 Å². The maximum absolute atomic E-state index is 12.2. The SMILES string of the molecule is CCC1CCCCN1c1ccc2cccc(OCC(=O)NCC3CCCO3)c2n1. The number of carbonyl (C=O) groups excluding carboxylic acids is 1. The maximum Gasteiger partial charge on any atom is 0.258 e. The molecule has 0 aliphatic carbocycles. The van der Waals surface area contributed by atoms with Crippen molar-refractivity contribution in [2.45, 2.75) is 57.6 Å². The smallest absolute Gasteiger partial charge is 0.258 e. The molecular formula is C23H31N3O3. The highest BCUT2D eigenvalue weighted by atomic mass is 16.5. The topological polar surface area (TPSA) is 63.7 Å². The van der Waals surface area contributed by atoms with Crippen molar-refractivity contribution in [2.75, 3.05) is 31.2 Å². The van der Waals surface area contributed by atoms with E-state index in [2.05, 4.69) is 29.3 Å². The molecule has 1 amide bonds. The normalized spacial score (nSPS) is 22.0. The van der Waals surface area contributed by atoms with E-state index in [0.29, 0.717) is 18.3 Å². The van der Waals surface area contributed by atoms with Crippen molar-refractivity contribution < 1.29 is 14.3 Å². The minimum Gasteiger partial charge on any atom is -0.481 e. The molecule has 29 heavy (non-hydrogen) atoms. The zero-order chi connectivity index (χ0) is 20.1. The molecule has 3 heterocycles. The zero-order valence-electron chi connectivity index (χ0n) is 17.2. The van der Waals surface area contributed by atoms with Gasteiger partial charge < -0.3 is 19.7 Å². The minimum absolute atomic E-state index is 0.0148. The van der Waals surface area contributed by atoms with Crippen molar-refractivity contribution >= 4 is 22.6 Å². The van der Waals surface area contributed by atoms with Crippen LogP contribution in [0.15, 0.2) is 30.3 Å². The van der Waals surface area contributed by atoms with Crippen LogP contribution in [-0.2, 0) is 9.53 Å². The number of fused-ring (bicyclic) bond motifs is 1. The molecule has 2 unspecified atom stereocenters. The fourth-order valence-corrected chi connectivity index (χ4v) is 4.34. The Morgan fingerprint density at radius 1 is 1.24 bits per heavy atom. The Hall–Kier alpha value is -2.34. The Kier molecular flexibility index (Phi) is 6.49. The van der Waals surface area contributed by atoms with Gasteiger partial charge in [0.05, 0.1) is 6.10 Å². The number of hydrogen-bond donors (Lipinski definition) is 1. The summed E-state index contributed by atoms with van der Waals surface area (Å²) in [6, 6.07) is 10.6. The summed E-state index contributed by atoms with van der Waals surface area (Å²) in [5, 5.41) is 3.93. The lowest BCUT2D eigenvalue weighted by molar-refractivity contribution is -0.123. The minimum atomic E-state index is -0.129. The van der Waals surface area contributed by atoms with Gasteiger partial charge in [-0.1, -0.05) is 19.1 Å². The Labute approximate surface area is 172 Å². The van der Waals surface area contributed by atoms with Gasteiger partial charge in [0.25, 0.3) is 5.91 Å². The lowest BCUT2D eigenvalue weighted by atomic mass is 10.00. The highest BCUT2D eigenvalue weighted by Crippen LogP contribution is 2.30. The number of hydrogen-bond acceptors (Lipinski definition) is 5. The van der Waals surface area contributed by atoms with Crippen LogP contribution in [0.1, 0.15) is 45.4 Å². The fraction of sp³-hybridized carbons (Fsp3) is 0.565. The number of nitrogens with zero attached hydrogens (tertiary/aromatic N) is 2. The molecule has 6 nitrogen and oxygen atoms in total. The molecule has 156 valence electrons. The van der Waals surface area contributed by atoms with Crippen LogP contribution < -0.4 is 15.0 Å². The number of amides is 1. The number of ether oxygens (including phenoxy) is 2. The van der Waals surface area contributed by atoms with Crippen LogP contribution >= 0.6 is 0 Å². The first kappa shape index (κ1) is 20.0. The number of para-hydroxylation sites is 1. The Morgan fingerprint density at radius 2 is 2.17 bits per heavy atom. The second-order valence-electron chi connectivity index (χ2n) is 7.98. The molecule has 2 aromatic rings. The Balaban J connectivity index is 1.45. The van der Waals surface area contributed by atoms with Gasteiger partial charge in [0.2, 0.25) is 0 Å². The van der Waals surface area contributed by atoms with E-state index in [0.717, 1.165) is 49.1 Å². The zero-order valence-corrected chi connectivity index (χ0v) is 17.2. The maximum atomic E-state index is 12.2. The molecule has 2 saturated heterocycles. The van der Waals surface area contributed by atoms with Crippen molar-refractivity contribution in [3.8, 4) is 5.75 Å². The van der Waals surface area contributed by atoms with E-state index < -0.39 is 0 Å². The van der Waals surface area contributed by atoms with E-state index in [1.165, 1.54) is 19.3 Å². The summed E-state index contributed by atoms with van der Waals surface area (Å²) in [4.78, 5) is 19.5. The highest BCUT2D eigenvalue weighted by Gasteiger charge is 2.22. The Bertz CT molecular complexity index is 835. The van der Waals surface area contributed by atoms with E-state index in [4.69, 9.17) is 14.5 Å². The molecule has 0 bridgehead atoms. The molecule has 6 heteroatoms. The quantitative estimate of drug-likeness (QED) is 0.772. The molecule has 1 aromatic heterocycles. The van der Waals surface area contributed by atoms with Crippen LogP contribution in [0.4, 0.5) is 5.82 Å². The molecule has 2 aliphatic rings. The first-order valence-corrected chi connectivity index (χ1v) is 10.9. The van der Waals surface area contributed by atoms with Crippen LogP contribution in [0.5, 0.6) is 5.75 Å². The number of piperidine rings is 1. The number of anilines is 1. The molecule has 4 rings (SSSR count). The summed E-state index contributed by atoms with van der Waals surface area (Å²) in [5.41, 5.74) is 0.817. The average Bonchev–Trinajstić information content (AvgIpc) is 3.29. The second kappa shape index (κ2) is 9.44. The molecule has 0 saturated carbocycles. The molecule has 1 aromatic carbocycles. The van der Waals surface area contributed by atoms with Crippen molar-refractivity contribution in [1.82, 2.24) is 10.3 Å². The fourth-order valence-electron chi connectivity index (χ4n) is 4.34. The van der Waals surface area contributed by atoms with Gasteiger partial charge in [-0.05, 0) is 56.7 Å². The molecule has 0 spiro atoms. The number of pyridine rings is 1. The number of nitrogens with one attached hydrogen (secondary N) is 1. The lowest BCUT2D eigenvalue weighted by Gasteiger charge is -2.36. The monoisotopic (exact) mass is 397 g/mol. The first-order valence-electron chi connectivity index (χ1n) is 10.9. The summed E-state index contributed by atoms with van der Waals surface area (Å²) in [6.07, 6.45) is 7.06. The summed E-state index contributed by atoms with van der Waals surface area (Å²) < 4.78 is 11.4. The lowest BCUT2D eigenvalue weighted by Crippen LogP contribution is -2.39. The van der Waals surface area contributed by atoms with Gasteiger partial charge in [-0.3, -0.25) is 4.79 Å². The summed E-state index contributed by atoms with van der Waals surface area (Å²) in [5.74, 6) is 1.53. The molecule has 1 N–H and O–H groups in total. The van der Waals surface area contributed by atoms with Gasteiger partial charge in [0, 0.05) is 31.1 Å². The number of aromatic nitrogens is 1. The van der Waals surface area contributed by atoms with E-state index in [9.17, 15) is 4.79 Å². The number of carbonyl (C=O) groups is 1. The molecule has 2 atom stereocenters. The van der Waals surface area contributed by atoms with Crippen LogP contribution in [-0.4, -0.2) is 49.3 Å². The summed E-state index contributed by atoms with van der Waals surface area (Å²) in [6.45, 7) is 4.61. The van der Waals surface area contributed by atoms with Crippen molar-refractivity contribution in [1.29, 1.82) is 0 Å². The van der Waals surface area contributed by atoms with Crippen LogP contribution in [0.2, 0.25) is 0 Å². The van der Waals surface area contributed by atoms with Gasteiger partial charge in [-0.25, -0.2) is 4.98 Å².